The van der Waals surface area contributed by atoms with Gasteiger partial charge in [0.15, 0.2) is 0 Å². The normalized spacial score (nSPS) is 16.8. The summed E-state index contributed by atoms with van der Waals surface area (Å²) in [5.74, 6) is 0.655. The van der Waals surface area contributed by atoms with Crippen molar-refractivity contribution in [2.75, 3.05) is 18.6 Å². The number of methoxy groups -OCH3 is 1. The second kappa shape index (κ2) is 7.38. The number of anilines is 1. The monoisotopic (exact) mass is 338 g/mol. The summed E-state index contributed by atoms with van der Waals surface area (Å²) in [6, 6.07) is 15.1. The van der Waals surface area contributed by atoms with Crippen molar-refractivity contribution in [1.29, 1.82) is 0 Å². The van der Waals surface area contributed by atoms with Gasteiger partial charge in [0, 0.05) is 24.7 Å². The quantitative estimate of drug-likeness (QED) is 0.911. The second-order valence-electron chi connectivity index (χ2n) is 6.34. The van der Waals surface area contributed by atoms with Gasteiger partial charge >= 0.3 is 0 Å². The van der Waals surface area contributed by atoms with E-state index in [0.717, 1.165) is 16.8 Å². The van der Waals surface area contributed by atoms with Gasteiger partial charge in [-0.15, -0.1) is 0 Å². The number of benzene rings is 2. The van der Waals surface area contributed by atoms with Crippen molar-refractivity contribution < 1.29 is 14.3 Å². The van der Waals surface area contributed by atoms with Crippen molar-refractivity contribution in [2.45, 2.75) is 25.8 Å². The van der Waals surface area contributed by atoms with Gasteiger partial charge in [-0.1, -0.05) is 35.9 Å². The average Bonchev–Trinajstić information content (AvgIpc) is 2.95. The van der Waals surface area contributed by atoms with Crippen LogP contribution in [0.5, 0.6) is 5.75 Å². The fourth-order valence-corrected chi connectivity index (χ4v) is 3.12. The molecule has 0 aliphatic carbocycles. The summed E-state index contributed by atoms with van der Waals surface area (Å²) in [5.41, 5.74) is 2.90. The van der Waals surface area contributed by atoms with Crippen molar-refractivity contribution >= 4 is 17.5 Å². The van der Waals surface area contributed by atoms with Crippen LogP contribution in [0, 0.1) is 6.92 Å². The van der Waals surface area contributed by atoms with Crippen molar-refractivity contribution in [3.63, 3.8) is 0 Å². The molecule has 3 rings (SSSR count). The molecule has 1 aliphatic heterocycles. The lowest BCUT2D eigenvalue weighted by Gasteiger charge is -2.18. The minimum Gasteiger partial charge on any atom is -0.497 e. The fourth-order valence-electron chi connectivity index (χ4n) is 3.12. The number of rotatable bonds is 5. The third-order valence-electron chi connectivity index (χ3n) is 4.30. The third-order valence-corrected chi connectivity index (χ3v) is 4.30. The summed E-state index contributed by atoms with van der Waals surface area (Å²) in [7, 11) is 1.60. The summed E-state index contributed by atoms with van der Waals surface area (Å²) < 4.78 is 5.21. The zero-order chi connectivity index (χ0) is 17.8. The van der Waals surface area contributed by atoms with Gasteiger partial charge in [-0.3, -0.25) is 9.59 Å². The van der Waals surface area contributed by atoms with E-state index >= 15 is 0 Å². The molecule has 1 heterocycles. The van der Waals surface area contributed by atoms with E-state index in [1.165, 1.54) is 0 Å². The zero-order valence-electron chi connectivity index (χ0n) is 14.5. The Balaban J connectivity index is 1.61. The smallest absolute Gasteiger partial charge is 0.229 e. The van der Waals surface area contributed by atoms with E-state index < -0.39 is 0 Å². The van der Waals surface area contributed by atoms with Crippen molar-refractivity contribution in [2.24, 2.45) is 0 Å². The lowest BCUT2D eigenvalue weighted by atomic mass is 10.1. The van der Waals surface area contributed by atoms with Crippen molar-refractivity contribution in [1.82, 2.24) is 5.32 Å². The number of ether oxygens (including phenoxy) is 1. The van der Waals surface area contributed by atoms with Gasteiger partial charge in [-0.25, -0.2) is 0 Å². The Bertz CT molecular complexity index is 788. The predicted molar refractivity (Wildman–Crippen MR) is 96.8 cm³/mol. The first kappa shape index (κ1) is 17.0. The molecular weight excluding hydrogens is 316 g/mol. The van der Waals surface area contributed by atoms with Crippen LogP contribution in [0.2, 0.25) is 0 Å². The highest BCUT2D eigenvalue weighted by atomic mass is 16.5. The maximum absolute atomic E-state index is 12.3. The van der Waals surface area contributed by atoms with Crippen molar-refractivity contribution in [3.8, 4) is 5.75 Å². The molecule has 130 valence electrons. The molecular formula is C20H22N2O3. The van der Waals surface area contributed by atoms with Crippen LogP contribution in [0.25, 0.3) is 0 Å². The van der Waals surface area contributed by atoms with Crippen LogP contribution < -0.4 is 15.0 Å². The maximum Gasteiger partial charge on any atom is 0.229 e. The van der Waals surface area contributed by atoms with Crippen LogP contribution in [0.15, 0.2) is 48.5 Å². The zero-order valence-corrected chi connectivity index (χ0v) is 14.5. The Morgan fingerprint density at radius 2 is 2.04 bits per heavy atom. The molecule has 2 amide bonds. The Morgan fingerprint density at radius 1 is 1.24 bits per heavy atom. The summed E-state index contributed by atoms with van der Waals surface area (Å²) in [4.78, 5) is 26.3. The van der Waals surface area contributed by atoms with E-state index in [4.69, 9.17) is 4.74 Å². The number of aryl methyl sites for hydroxylation is 1. The molecule has 1 atom stereocenters. The number of nitrogens with zero attached hydrogens (tertiary/aromatic N) is 1. The van der Waals surface area contributed by atoms with Crippen LogP contribution in [-0.4, -0.2) is 31.5 Å². The van der Waals surface area contributed by atoms with Gasteiger partial charge in [0.2, 0.25) is 11.8 Å². The number of hydrogen-bond acceptors (Lipinski definition) is 3. The number of amides is 2. The Kier molecular flexibility index (Phi) is 5.03. The van der Waals surface area contributed by atoms with Crippen LogP contribution in [0.3, 0.4) is 0 Å². The summed E-state index contributed by atoms with van der Waals surface area (Å²) in [6.07, 6.45) is 0.641. The second-order valence-corrected chi connectivity index (χ2v) is 6.34. The van der Waals surface area contributed by atoms with Crippen molar-refractivity contribution in [3.05, 3.63) is 59.7 Å². The van der Waals surface area contributed by atoms with E-state index in [1.54, 1.807) is 12.0 Å². The topological polar surface area (TPSA) is 58.6 Å². The minimum atomic E-state index is -0.170. The lowest BCUT2D eigenvalue weighted by molar-refractivity contribution is -0.121. The van der Waals surface area contributed by atoms with Gasteiger partial charge in [0.1, 0.15) is 5.75 Å². The van der Waals surface area contributed by atoms with Crippen LogP contribution in [-0.2, 0) is 16.0 Å². The summed E-state index contributed by atoms with van der Waals surface area (Å²) in [6.45, 7) is 2.48. The molecule has 0 spiro atoms. The Morgan fingerprint density at radius 3 is 2.80 bits per heavy atom. The van der Waals surface area contributed by atoms with E-state index in [9.17, 15) is 9.59 Å². The molecule has 1 fully saturated rings. The van der Waals surface area contributed by atoms with Crippen LogP contribution in [0.4, 0.5) is 5.69 Å². The van der Waals surface area contributed by atoms with Gasteiger partial charge in [0.25, 0.3) is 0 Å². The molecule has 0 bridgehead atoms. The Labute approximate surface area is 147 Å². The molecule has 1 aliphatic rings. The molecule has 25 heavy (non-hydrogen) atoms. The number of carbonyl (C=O) groups excluding carboxylic acids is 2. The first-order chi connectivity index (χ1) is 12.0. The van der Waals surface area contributed by atoms with E-state index in [-0.39, 0.29) is 17.9 Å². The predicted octanol–water partition coefficient (Wildman–Crippen LogP) is 2.47. The van der Waals surface area contributed by atoms with Gasteiger partial charge < -0.3 is 15.0 Å². The average molecular weight is 338 g/mol. The molecule has 1 N–H and O–H groups in total. The fraction of sp³-hybridized carbons (Fsp3) is 0.300. The third kappa shape index (κ3) is 4.18. The molecule has 1 saturated heterocycles. The molecule has 0 radical (unpaired) electrons. The van der Waals surface area contributed by atoms with Gasteiger partial charge in [-0.2, -0.15) is 0 Å². The molecule has 5 heteroatoms. The van der Waals surface area contributed by atoms with E-state index in [1.807, 2.05) is 55.5 Å². The molecule has 0 aromatic heterocycles. The highest BCUT2D eigenvalue weighted by Crippen LogP contribution is 2.25. The van der Waals surface area contributed by atoms with Gasteiger partial charge in [-0.05, 0) is 24.6 Å². The number of nitrogens with one attached hydrogen (secondary N) is 1. The first-order valence-corrected chi connectivity index (χ1v) is 8.34. The highest BCUT2D eigenvalue weighted by molar-refractivity contribution is 5.97. The standard InChI is InChI=1S/C20H22N2O3/c1-14-5-3-6-15(9-14)10-19(23)21-16-11-20(24)22(13-16)17-7-4-8-18(12-17)25-2/h3-9,12,16H,10-11,13H2,1-2H3,(H,21,23)/t16-/m1/s1. The van der Waals surface area contributed by atoms with Gasteiger partial charge in [0.05, 0.1) is 19.6 Å². The largest absolute Gasteiger partial charge is 0.497 e. The molecule has 2 aromatic rings. The van der Waals surface area contributed by atoms with Crippen LogP contribution >= 0.6 is 0 Å². The first-order valence-electron chi connectivity index (χ1n) is 8.34. The van der Waals surface area contributed by atoms with E-state index in [2.05, 4.69) is 5.32 Å². The number of carbonyl (C=O) groups is 2. The molecule has 2 aromatic carbocycles. The maximum atomic E-state index is 12.3. The summed E-state index contributed by atoms with van der Waals surface area (Å²) >= 11 is 0. The SMILES string of the molecule is COc1cccc(N2C[C@H](NC(=O)Cc3cccc(C)c3)CC2=O)c1. The van der Waals surface area contributed by atoms with Crippen LogP contribution in [0.1, 0.15) is 17.5 Å². The lowest BCUT2D eigenvalue weighted by Crippen LogP contribution is -2.38. The number of hydrogen-bond donors (Lipinski definition) is 1. The molecule has 5 nitrogen and oxygen atoms in total. The van der Waals surface area contributed by atoms with E-state index in [0.29, 0.717) is 25.1 Å². The highest BCUT2D eigenvalue weighted by Gasteiger charge is 2.31. The molecule has 0 unspecified atom stereocenters. The minimum absolute atomic E-state index is 0.00843. The molecule has 0 saturated carbocycles. The summed E-state index contributed by atoms with van der Waals surface area (Å²) in [5, 5.41) is 2.97. The Hall–Kier alpha value is -2.82.